The van der Waals surface area contributed by atoms with Gasteiger partial charge in [0.2, 0.25) is 5.92 Å². The molecule has 0 N–H and O–H groups in total. The fourth-order valence-corrected chi connectivity index (χ4v) is 3.00. The summed E-state index contributed by atoms with van der Waals surface area (Å²) in [4.78, 5) is 12.1. The molecule has 1 nitrogen and oxygen atoms in total. The van der Waals surface area contributed by atoms with E-state index in [1.807, 2.05) is 19.1 Å². The Morgan fingerprint density at radius 1 is 1.50 bits per heavy atom. The van der Waals surface area contributed by atoms with E-state index in [9.17, 15) is 13.6 Å². The fourth-order valence-electron chi connectivity index (χ4n) is 2.53. The van der Waals surface area contributed by atoms with Crippen LogP contribution >= 0.6 is 15.9 Å². The lowest BCUT2D eigenvalue weighted by Crippen LogP contribution is -2.12. The molecule has 1 aromatic carbocycles. The number of carbonyl (C=O) groups excluding carboxylic acids is 1. The molecule has 0 radical (unpaired) electrons. The van der Waals surface area contributed by atoms with Crippen LogP contribution in [0.4, 0.5) is 8.78 Å². The summed E-state index contributed by atoms with van der Waals surface area (Å²) in [5.41, 5.74) is 1.53. The number of rotatable bonds is 3. The highest BCUT2D eigenvalue weighted by Crippen LogP contribution is 2.40. The van der Waals surface area contributed by atoms with Crippen molar-refractivity contribution in [3.05, 3.63) is 33.8 Å². The lowest BCUT2D eigenvalue weighted by molar-refractivity contribution is 0.00497. The van der Waals surface area contributed by atoms with Gasteiger partial charge in [-0.05, 0) is 37.0 Å². The van der Waals surface area contributed by atoms with E-state index < -0.39 is 5.92 Å². The smallest absolute Gasteiger partial charge is 0.248 e. The van der Waals surface area contributed by atoms with Gasteiger partial charge < -0.3 is 0 Å². The second-order valence-electron chi connectivity index (χ2n) is 5.05. The summed E-state index contributed by atoms with van der Waals surface area (Å²) in [5.74, 6) is -2.77. The molecule has 0 bridgehead atoms. The quantitative estimate of drug-likeness (QED) is 0.734. The van der Waals surface area contributed by atoms with Crippen LogP contribution in [0.2, 0.25) is 0 Å². The molecule has 0 aliphatic heterocycles. The van der Waals surface area contributed by atoms with E-state index in [4.69, 9.17) is 0 Å². The molecule has 4 heteroatoms. The molecule has 0 spiro atoms. The topological polar surface area (TPSA) is 17.1 Å². The lowest BCUT2D eigenvalue weighted by Gasteiger charge is -2.11. The molecule has 0 saturated heterocycles. The van der Waals surface area contributed by atoms with E-state index in [2.05, 4.69) is 15.9 Å². The predicted molar refractivity (Wildman–Crippen MR) is 70.1 cm³/mol. The molecule has 1 atom stereocenters. The van der Waals surface area contributed by atoms with Gasteiger partial charge in [-0.15, -0.1) is 0 Å². The van der Waals surface area contributed by atoms with Crippen molar-refractivity contribution in [3.63, 3.8) is 0 Å². The van der Waals surface area contributed by atoms with Gasteiger partial charge in [-0.2, -0.15) is 0 Å². The summed E-state index contributed by atoms with van der Waals surface area (Å²) in [7, 11) is 0. The normalized spacial score (nSPS) is 22.1. The van der Waals surface area contributed by atoms with E-state index in [-0.39, 0.29) is 31.0 Å². The van der Waals surface area contributed by atoms with Crippen LogP contribution in [0.3, 0.4) is 0 Å². The average molecular weight is 317 g/mol. The molecule has 0 heterocycles. The zero-order valence-electron chi connectivity index (χ0n) is 10.2. The molecule has 2 rings (SSSR count). The first-order chi connectivity index (χ1) is 8.37. The second kappa shape index (κ2) is 5.08. The number of carbonyl (C=O) groups is 1. The van der Waals surface area contributed by atoms with Crippen LogP contribution in [0, 0.1) is 12.8 Å². The maximum atomic E-state index is 13.1. The first-order valence-electron chi connectivity index (χ1n) is 6.04. The molecular weight excluding hydrogens is 302 g/mol. The standard InChI is InChI=1S/C14H15BrF2O/c1-9-6-11(15)2-3-12(9)13(18)7-10-4-5-14(16,17)8-10/h2-3,6,10H,4-5,7-8H2,1H3. The highest BCUT2D eigenvalue weighted by molar-refractivity contribution is 9.10. The summed E-state index contributed by atoms with van der Waals surface area (Å²) < 4.78 is 27.0. The van der Waals surface area contributed by atoms with Gasteiger partial charge in [0.05, 0.1) is 0 Å². The molecule has 1 unspecified atom stereocenters. The summed E-state index contributed by atoms with van der Waals surface area (Å²) in [6, 6.07) is 5.44. The Balaban J connectivity index is 2.04. The van der Waals surface area contributed by atoms with Gasteiger partial charge in [0.15, 0.2) is 5.78 Å². The van der Waals surface area contributed by atoms with Crippen LogP contribution in [-0.4, -0.2) is 11.7 Å². The molecule has 0 amide bonds. The van der Waals surface area contributed by atoms with Gasteiger partial charge in [-0.1, -0.05) is 22.0 Å². The number of ketones is 1. The third kappa shape index (κ3) is 3.16. The molecule has 1 aliphatic carbocycles. The van der Waals surface area contributed by atoms with Crippen LogP contribution in [0.5, 0.6) is 0 Å². The molecule has 18 heavy (non-hydrogen) atoms. The Bertz CT molecular complexity index is 471. The predicted octanol–water partition coefficient (Wildman–Crippen LogP) is 4.77. The van der Waals surface area contributed by atoms with E-state index in [0.29, 0.717) is 12.0 Å². The maximum absolute atomic E-state index is 13.1. The minimum atomic E-state index is -2.57. The first-order valence-corrected chi connectivity index (χ1v) is 6.84. The Morgan fingerprint density at radius 3 is 2.78 bits per heavy atom. The minimum Gasteiger partial charge on any atom is -0.294 e. The third-order valence-electron chi connectivity index (χ3n) is 3.47. The summed E-state index contributed by atoms with van der Waals surface area (Å²) in [6.07, 6.45) is 0.463. The van der Waals surface area contributed by atoms with Gasteiger partial charge in [0.1, 0.15) is 0 Å². The van der Waals surface area contributed by atoms with Crippen molar-refractivity contribution in [1.29, 1.82) is 0 Å². The number of halogens is 3. The van der Waals surface area contributed by atoms with E-state index in [1.54, 1.807) is 6.07 Å². The third-order valence-corrected chi connectivity index (χ3v) is 3.96. The van der Waals surface area contributed by atoms with Crippen LogP contribution < -0.4 is 0 Å². The summed E-state index contributed by atoms with van der Waals surface area (Å²) in [6.45, 7) is 1.86. The van der Waals surface area contributed by atoms with Crippen molar-refractivity contribution in [2.75, 3.05) is 0 Å². The second-order valence-corrected chi connectivity index (χ2v) is 5.97. The molecule has 0 aromatic heterocycles. The number of benzene rings is 1. The first kappa shape index (κ1) is 13.7. The SMILES string of the molecule is Cc1cc(Br)ccc1C(=O)CC1CCC(F)(F)C1. The minimum absolute atomic E-state index is 0.0253. The Labute approximate surface area is 114 Å². The average Bonchev–Trinajstić information content (AvgIpc) is 2.57. The molecule has 1 aliphatic rings. The fraction of sp³-hybridized carbons (Fsp3) is 0.500. The Hall–Kier alpha value is -0.770. The van der Waals surface area contributed by atoms with E-state index in [1.165, 1.54) is 0 Å². The van der Waals surface area contributed by atoms with Crippen LogP contribution in [0.25, 0.3) is 0 Å². The van der Waals surface area contributed by atoms with Crippen molar-refractivity contribution in [3.8, 4) is 0 Å². The van der Waals surface area contributed by atoms with Gasteiger partial charge in [0.25, 0.3) is 0 Å². The van der Waals surface area contributed by atoms with Crippen molar-refractivity contribution >= 4 is 21.7 Å². The van der Waals surface area contributed by atoms with Crippen molar-refractivity contribution < 1.29 is 13.6 Å². The van der Waals surface area contributed by atoms with Gasteiger partial charge in [-0.25, -0.2) is 8.78 Å². The highest BCUT2D eigenvalue weighted by atomic mass is 79.9. The number of Topliss-reactive ketones (excluding diaryl/α,β-unsaturated/α-hetero) is 1. The summed E-state index contributed by atoms with van der Waals surface area (Å²) in [5, 5.41) is 0. The lowest BCUT2D eigenvalue weighted by atomic mass is 9.95. The molecular formula is C14H15BrF2O. The van der Waals surface area contributed by atoms with Gasteiger partial charge in [0, 0.05) is 29.3 Å². The molecule has 1 saturated carbocycles. The summed E-state index contributed by atoms with van der Waals surface area (Å²) >= 11 is 3.34. The van der Waals surface area contributed by atoms with Crippen molar-refractivity contribution in [1.82, 2.24) is 0 Å². The Morgan fingerprint density at radius 2 is 2.22 bits per heavy atom. The van der Waals surface area contributed by atoms with Crippen LogP contribution in [0.1, 0.15) is 41.6 Å². The number of hydrogen-bond acceptors (Lipinski definition) is 1. The van der Waals surface area contributed by atoms with E-state index in [0.717, 1.165) is 10.0 Å². The number of alkyl halides is 2. The van der Waals surface area contributed by atoms with E-state index >= 15 is 0 Å². The zero-order valence-corrected chi connectivity index (χ0v) is 11.8. The Kier molecular flexibility index (Phi) is 3.85. The van der Waals surface area contributed by atoms with Crippen LogP contribution in [0.15, 0.2) is 22.7 Å². The van der Waals surface area contributed by atoms with Crippen molar-refractivity contribution in [2.24, 2.45) is 5.92 Å². The number of hydrogen-bond donors (Lipinski definition) is 0. The van der Waals surface area contributed by atoms with Crippen molar-refractivity contribution in [2.45, 2.75) is 38.5 Å². The molecule has 98 valence electrons. The largest absolute Gasteiger partial charge is 0.294 e. The number of aryl methyl sites for hydroxylation is 1. The zero-order chi connectivity index (χ0) is 13.3. The highest BCUT2D eigenvalue weighted by Gasteiger charge is 2.40. The van der Waals surface area contributed by atoms with Crippen LogP contribution in [-0.2, 0) is 0 Å². The monoisotopic (exact) mass is 316 g/mol. The maximum Gasteiger partial charge on any atom is 0.248 e. The van der Waals surface area contributed by atoms with Gasteiger partial charge in [-0.3, -0.25) is 4.79 Å². The molecule has 1 fully saturated rings. The molecule has 1 aromatic rings. The van der Waals surface area contributed by atoms with Gasteiger partial charge >= 0.3 is 0 Å².